The molecule has 0 saturated carbocycles. The number of piperazine rings is 1. The van der Waals surface area contributed by atoms with Crippen molar-refractivity contribution in [2.45, 2.75) is 12.5 Å². The van der Waals surface area contributed by atoms with E-state index in [-0.39, 0.29) is 0 Å². The maximum atomic E-state index is 12.0. The first kappa shape index (κ1) is 19.2. The first-order valence-corrected chi connectivity index (χ1v) is 9.44. The lowest BCUT2D eigenvalue weighted by molar-refractivity contribution is -0.144. The number of fused-ring (bicyclic) bond motifs is 1. The second-order valence-electron chi connectivity index (χ2n) is 7.21. The number of H-pyrrole nitrogens is 1. The van der Waals surface area contributed by atoms with Crippen LogP contribution >= 0.6 is 11.6 Å². The zero-order valence-corrected chi connectivity index (χ0v) is 16.2. The summed E-state index contributed by atoms with van der Waals surface area (Å²) in [6.45, 7) is 5.46. The molecule has 0 radical (unpaired) electrons. The Morgan fingerprint density at radius 2 is 2.04 bits per heavy atom. The molecular weight excluding hydrogens is 352 g/mol. The molecule has 1 aliphatic rings. The molecule has 1 aliphatic heterocycles. The topological polar surface area (TPSA) is 62.8 Å². The predicted octanol–water partition coefficient (Wildman–Crippen LogP) is 2.52. The minimum Gasteiger partial charge on any atom is -0.480 e. The van der Waals surface area contributed by atoms with Gasteiger partial charge in [0.2, 0.25) is 0 Å². The molecule has 0 spiro atoms. The SMILES string of the molecule is CN(C)CCCN1CCN([C@H](C(=O)O)c2c[nH]c3ccc(Cl)cc23)CC1. The van der Waals surface area contributed by atoms with Crippen LogP contribution in [0.15, 0.2) is 24.4 Å². The van der Waals surface area contributed by atoms with Crippen LogP contribution in [-0.2, 0) is 4.79 Å². The molecule has 0 unspecified atom stereocenters. The van der Waals surface area contributed by atoms with Crippen LogP contribution in [0.5, 0.6) is 0 Å². The Hall–Kier alpha value is -1.60. The second kappa shape index (κ2) is 8.39. The van der Waals surface area contributed by atoms with Gasteiger partial charge in [-0.2, -0.15) is 0 Å². The van der Waals surface area contributed by atoms with E-state index in [1.807, 2.05) is 24.4 Å². The highest BCUT2D eigenvalue weighted by Gasteiger charge is 2.32. The first-order valence-electron chi connectivity index (χ1n) is 9.06. The lowest BCUT2D eigenvalue weighted by atomic mass is 10.0. The van der Waals surface area contributed by atoms with E-state index in [1.165, 1.54) is 0 Å². The minimum absolute atomic E-state index is 0.619. The van der Waals surface area contributed by atoms with E-state index in [0.717, 1.165) is 62.2 Å². The first-order chi connectivity index (χ1) is 12.5. The van der Waals surface area contributed by atoms with Gasteiger partial charge in [-0.15, -0.1) is 0 Å². The molecule has 0 bridgehead atoms. The van der Waals surface area contributed by atoms with Gasteiger partial charge in [0.05, 0.1) is 0 Å². The number of hydrogen-bond donors (Lipinski definition) is 2. The van der Waals surface area contributed by atoms with E-state index in [1.54, 1.807) is 0 Å². The van der Waals surface area contributed by atoms with Crippen molar-refractivity contribution in [1.29, 1.82) is 0 Å². The maximum absolute atomic E-state index is 12.0. The predicted molar refractivity (Wildman–Crippen MR) is 105 cm³/mol. The van der Waals surface area contributed by atoms with E-state index >= 15 is 0 Å². The smallest absolute Gasteiger partial charge is 0.325 e. The minimum atomic E-state index is -0.813. The number of aromatic nitrogens is 1. The fourth-order valence-electron chi connectivity index (χ4n) is 3.68. The molecule has 142 valence electrons. The van der Waals surface area contributed by atoms with Crippen molar-refractivity contribution in [1.82, 2.24) is 19.7 Å². The van der Waals surface area contributed by atoms with Crippen LogP contribution in [-0.4, -0.2) is 84.1 Å². The van der Waals surface area contributed by atoms with E-state index in [4.69, 9.17) is 11.6 Å². The van der Waals surface area contributed by atoms with Gasteiger partial charge < -0.3 is 19.9 Å². The van der Waals surface area contributed by atoms with Crippen molar-refractivity contribution in [3.63, 3.8) is 0 Å². The zero-order valence-electron chi connectivity index (χ0n) is 15.4. The summed E-state index contributed by atoms with van der Waals surface area (Å²) >= 11 is 6.12. The quantitative estimate of drug-likeness (QED) is 0.775. The molecule has 1 aromatic carbocycles. The number of hydrogen-bond acceptors (Lipinski definition) is 4. The monoisotopic (exact) mass is 378 g/mol. The molecule has 7 heteroatoms. The van der Waals surface area contributed by atoms with Crippen molar-refractivity contribution in [2.75, 3.05) is 53.4 Å². The summed E-state index contributed by atoms with van der Waals surface area (Å²) < 4.78 is 0. The molecule has 3 rings (SSSR count). The lowest BCUT2D eigenvalue weighted by Crippen LogP contribution is -2.49. The van der Waals surface area contributed by atoms with E-state index in [2.05, 4.69) is 33.8 Å². The molecule has 26 heavy (non-hydrogen) atoms. The van der Waals surface area contributed by atoms with Gasteiger partial charge in [0.25, 0.3) is 0 Å². The Morgan fingerprint density at radius 3 is 2.69 bits per heavy atom. The van der Waals surface area contributed by atoms with E-state index < -0.39 is 12.0 Å². The number of carboxylic acids is 1. The van der Waals surface area contributed by atoms with E-state index in [9.17, 15) is 9.90 Å². The Balaban J connectivity index is 1.69. The average Bonchev–Trinajstić information content (AvgIpc) is 2.99. The van der Waals surface area contributed by atoms with Crippen molar-refractivity contribution in [3.8, 4) is 0 Å². The maximum Gasteiger partial charge on any atom is 0.325 e. The lowest BCUT2D eigenvalue weighted by Gasteiger charge is -2.37. The van der Waals surface area contributed by atoms with Crippen molar-refractivity contribution < 1.29 is 9.90 Å². The molecular formula is C19H27ClN4O2. The van der Waals surface area contributed by atoms with Crippen LogP contribution in [0, 0.1) is 0 Å². The number of benzene rings is 1. The van der Waals surface area contributed by atoms with Crippen LogP contribution in [0.25, 0.3) is 10.9 Å². The van der Waals surface area contributed by atoms with Gasteiger partial charge in [-0.25, -0.2) is 0 Å². The van der Waals surface area contributed by atoms with Gasteiger partial charge in [-0.3, -0.25) is 9.69 Å². The Labute approximate surface area is 159 Å². The molecule has 2 heterocycles. The molecule has 1 aromatic heterocycles. The van der Waals surface area contributed by atoms with E-state index in [0.29, 0.717) is 5.02 Å². The fraction of sp³-hybridized carbons (Fsp3) is 0.526. The van der Waals surface area contributed by atoms with Gasteiger partial charge >= 0.3 is 5.97 Å². The standard InChI is InChI=1S/C19H27ClN4O2/c1-22(2)6-3-7-23-8-10-24(11-9-23)18(19(25)26)16-13-21-17-5-4-14(20)12-15(16)17/h4-5,12-13,18,21H,3,6-11H2,1-2H3,(H,25,26)/t18-/m0/s1. The highest BCUT2D eigenvalue weighted by Crippen LogP contribution is 2.31. The van der Waals surface area contributed by atoms with Crippen molar-refractivity contribution >= 4 is 28.5 Å². The number of carbonyl (C=O) groups is 1. The number of aromatic amines is 1. The summed E-state index contributed by atoms with van der Waals surface area (Å²) in [5, 5.41) is 11.4. The Bertz CT molecular complexity index is 753. The van der Waals surface area contributed by atoms with Gasteiger partial charge in [-0.1, -0.05) is 11.6 Å². The summed E-state index contributed by atoms with van der Waals surface area (Å²) in [4.78, 5) is 21.9. The summed E-state index contributed by atoms with van der Waals surface area (Å²) in [5.74, 6) is -0.813. The van der Waals surface area contributed by atoms with Gasteiger partial charge in [0.1, 0.15) is 6.04 Å². The molecule has 1 fully saturated rings. The van der Waals surface area contributed by atoms with Crippen LogP contribution in [0.4, 0.5) is 0 Å². The zero-order chi connectivity index (χ0) is 18.7. The normalized spacial score (nSPS) is 17.8. The molecule has 0 aliphatic carbocycles. The third-order valence-electron chi connectivity index (χ3n) is 5.06. The third-order valence-corrected chi connectivity index (χ3v) is 5.29. The number of nitrogens with one attached hydrogen (secondary N) is 1. The Morgan fingerprint density at radius 1 is 1.31 bits per heavy atom. The number of aliphatic carboxylic acids is 1. The average molecular weight is 379 g/mol. The molecule has 1 saturated heterocycles. The van der Waals surface area contributed by atoms with Crippen molar-refractivity contribution in [3.05, 3.63) is 35.0 Å². The third kappa shape index (κ3) is 4.38. The largest absolute Gasteiger partial charge is 0.480 e. The van der Waals surface area contributed by atoms with Gasteiger partial charge in [0.15, 0.2) is 0 Å². The molecule has 1 atom stereocenters. The van der Waals surface area contributed by atoms with Crippen LogP contribution in [0.3, 0.4) is 0 Å². The molecule has 6 nitrogen and oxygen atoms in total. The molecule has 2 N–H and O–H groups in total. The van der Waals surface area contributed by atoms with Crippen molar-refractivity contribution in [2.24, 2.45) is 0 Å². The van der Waals surface area contributed by atoms with Crippen LogP contribution in [0.2, 0.25) is 5.02 Å². The summed E-state index contributed by atoms with van der Waals surface area (Å²) in [5.41, 5.74) is 1.70. The van der Waals surface area contributed by atoms with Gasteiger partial charge in [0, 0.05) is 53.9 Å². The number of carboxylic acid groups (broad SMARTS) is 1. The summed E-state index contributed by atoms with van der Waals surface area (Å²) in [7, 11) is 4.17. The summed E-state index contributed by atoms with van der Waals surface area (Å²) in [6, 6.07) is 4.90. The molecule has 0 amide bonds. The number of nitrogens with zero attached hydrogens (tertiary/aromatic N) is 3. The molecule has 2 aromatic rings. The van der Waals surface area contributed by atoms with Crippen LogP contribution in [0.1, 0.15) is 18.0 Å². The van der Waals surface area contributed by atoms with Gasteiger partial charge in [-0.05, 0) is 51.8 Å². The summed E-state index contributed by atoms with van der Waals surface area (Å²) in [6.07, 6.45) is 2.94. The fourth-order valence-corrected chi connectivity index (χ4v) is 3.85. The van der Waals surface area contributed by atoms with Crippen LogP contribution < -0.4 is 0 Å². The second-order valence-corrected chi connectivity index (χ2v) is 7.65. The number of halogens is 1. The Kier molecular flexibility index (Phi) is 6.19. The number of rotatable bonds is 7. The highest BCUT2D eigenvalue weighted by molar-refractivity contribution is 6.31. The highest BCUT2D eigenvalue weighted by atomic mass is 35.5.